The van der Waals surface area contributed by atoms with E-state index in [1.165, 1.54) is 25.0 Å². The van der Waals surface area contributed by atoms with Crippen LogP contribution in [0.2, 0.25) is 5.02 Å². The van der Waals surface area contributed by atoms with Crippen LogP contribution < -0.4 is 10.6 Å². The number of ether oxygens (including phenoxy) is 1. The molecule has 1 aromatic heterocycles. The number of nitrogens with zero attached hydrogens (tertiary/aromatic N) is 2. The SMILES string of the molecule is CC(C)(C)OC(=O)N1CCC2(CC2)C(CCCCNc2nc(NC(=O)c3ccc(Cl)cc3F)ccc2I)C1. The number of rotatable bonds is 8. The summed E-state index contributed by atoms with van der Waals surface area (Å²) in [6.45, 7) is 8.01. The summed E-state index contributed by atoms with van der Waals surface area (Å²) in [5.74, 6) is 0.258. The van der Waals surface area contributed by atoms with Gasteiger partial charge in [-0.05, 0) is 117 Å². The number of carbonyl (C=O) groups excluding carboxylic acids is 2. The summed E-state index contributed by atoms with van der Waals surface area (Å²) < 4.78 is 20.6. The van der Waals surface area contributed by atoms with Crippen LogP contribution in [0.25, 0.3) is 0 Å². The number of piperidine rings is 1. The number of anilines is 2. The second-order valence-corrected chi connectivity index (χ2v) is 12.9. The molecule has 0 radical (unpaired) electrons. The summed E-state index contributed by atoms with van der Waals surface area (Å²) in [6, 6.07) is 7.48. The molecule has 2 aromatic rings. The number of halogens is 3. The van der Waals surface area contributed by atoms with Crippen LogP contribution in [0.1, 0.15) is 69.7 Å². The van der Waals surface area contributed by atoms with E-state index in [1.807, 2.05) is 31.7 Å². The number of likely N-dealkylation sites (tertiary alicyclic amines) is 1. The van der Waals surface area contributed by atoms with Crippen LogP contribution in [0, 0.1) is 20.7 Å². The first-order chi connectivity index (χ1) is 18.0. The van der Waals surface area contributed by atoms with Crippen molar-refractivity contribution in [2.75, 3.05) is 30.3 Å². The van der Waals surface area contributed by atoms with E-state index in [9.17, 15) is 14.0 Å². The molecule has 4 rings (SSSR count). The molecule has 2 heterocycles. The van der Waals surface area contributed by atoms with E-state index < -0.39 is 17.3 Å². The molecule has 1 atom stereocenters. The Balaban J connectivity index is 1.26. The predicted octanol–water partition coefficient (Wildman–Crippen LogP) is 7.35. The van der Waals surface area contributed by atoms with E-state index in [-0.39, 0.29) is 16.7 Å². The Hall–Kier alpha value is -2.14. The first kappa shape index (κ1) is 28.9. The zero-order chi connectivity index (χ0) is 27.5. The zero-order valence-corrected chi connectivity index (χ0v) is 25.0. The van der Waals surface area contributed by atoms with Gasteiger partial charge in [-0.2, -0.15) is 0 Å². The van der Waals surface area contributed by atoms with Crippen molar-refractivity contribution in [1.29, 1.82) is 0 Å². The van der Waals surface area contributed by atoms with Crippen molar-refractivity contribution in [3.63, 3.8) is 0 Å². The lowest BCUT2D eigenvalue weighted by atomic mass is 9.79. The zero-order valence-electron chi connectivity index (χ0n) is 22.1. The topological polar surface area (TPSA) is 83.6 Å². The molecule has 1 aliphatic carbocycles. The summed E-state index contributed by atoms with van der Waals surface area (Å²) in [5, 5.41) is 6.25. The predicted molar refractivity (Wildman–Crippen MR) is 156 cm³/mol. The van der Waals surface area contributed by atoms with Crippen LogP contribution in [0.4, 0.5) is 20.8 Å². The lowest BCUT2D eigenvalue weighted by Crippen LogP contribution is -2.46. The van der Waals surface area contributed by atoms with Crippen LogP contribution in [0.5, 0.6) is 0 Å². The van der Waals surface area contributed by atoms with Crippen molar-refractivity contribution in [2.24, 2.45) is 11.3 Å². The van der Waals surface area contributed by atoms with Gasteiger partial charge in [0, 0.05) is 24.7 Å². The number of benzene rings is 1. The Morgan fingerprint density at radius 3 is 2.66 bits per heavy atom. The monoisotopic (exact) mass is 656 g/mol. The maximum atomic E-state index is 14.1. The van der Waals surface area contributed by atoms with Crippen LogP contribution >= 0.6 is 34.2 Å². The van der Waals surface area contributed by atoms with Gasteiger partial charge in [0.05, 0.1) is 9.13 Å². The van der Waals surface area contributed by atoms with Crippen molar-refractivity contribution < 1.29 is 18.7 Å². The fourth-order valence-electron chi connectivity index (χ4n) is 5.04. The van der Waals surface area contributed by atoms with Crippen molar-refractivity contribution >= 4 is 57.8 Å². The van der Waals surface area contributed by atoms with Crippen molar-refractivity contribution in [1.82, 2.24) is 9.88 Å². The van der Waals surface area contributed by atoms with Gasteiger partial charge in [0.1, 0.15) is 23.1 Å². The molecule has 1 saturated carbocycles. The molecule has 2 N–H and O–H groups in total. The molecule has 206 valence electrons. The number of pyridine rings is 1. The molecule has 1 aliphatic heterocycles. The minimum Gasteiger partial charge on any atom is -0.444 e. The summed E-state index contributed by atoms with van der Waals surface area (Å²) in [4.78, 5) is 31.5. The third-order valence-electron chi connectivity index (χ3n) is 7.27. The normalized spacial score (nSPS) is 18.3. The van der Waals surface area contributed by atoms with E-state index in [0.29, 0.717) is 23.0 Å². The highest BCUT2D eigenvalue weighted by Crippen LogP contribution is 2.58. The van der Waals surface area contributed by atoms with E-state index in [1.54, 1.807) is 6.07 Å². The van der Waals surface area contributed by atoms with Gasteiger partial charge in [-0.1, -0.05) is 18.0 Å². The first-order valence-corrected chi connectivity index (χ1v) is 14.6. The smallest absolute Gasteiger partial charge is 0.410 e. The fourth-order valence-corrected chi connectivity index (χ4v) is 5.69. The molecule has 10 heteroatoms. The molecule has 2 aliphatic rings. The summed E-state index contributed by atoms with van der Waals surface area (Å²) in [6.07, 6.45) is 6.47. The van der Waals surface area contributed by atoms with Gasteiger partial charge in [0.15, 0.2) is 0 Å². The Labute approximate surface area is 242 Å². The Morgan fingerprint density at radius 1 is 1.21 bits per heavy atom. The third kappa shape index (κ3) is 7.49. The lowest BCUT2D eigenvalue weighted by Gasteiger charge is -2.39. The van der Waals surface area contributed by atoms with E-state index >= 15 is 0 Å². The molecule has 1 aromatic carbocycles. The maximum Gasteiger partial charge on any atom is 0.410 e. The van der Waals surface area contributed by atoms with Gasteiger partial charge in [0.2, 0.25) is 0 Å². The number of hydrogen-bond acceptors (Lipinski definition) is 5. The molecule has 7 nitrogen and oxygen atoms in total. The minimum atomic E-state index is -0.681. The number of carbonyl (C=O) groups is 2. The van der Waals surface area contributed by atoms with Gasteiger partial charge in [0.25, 0.3) is 5.91 Å². The van der Waals surface area contributed by atoms with Gasteiger partial charge >= 0.3 is 6.09 Å². The largest absolute Gasteiger partial charge is 0.444 e. The van der Waals surface area contributed by atoms with Crippen LogP contribution in [0.3, 0.4) is 0 Å². The molecule has 2 amide bonds. The molecule has 1 unspecified atom stereocenters. The number of amides is 2. The highest BCUT2D eigenvalue weighted by atomic mass is 127. The second kappa shape index (κ2) is 11.9. The average Bonchev–Trinajstić information content (AvgIpc) is 3.60. The van der Waals surface area contributed by atoms with Crippen LogP contribution in [0.15, 0.2) is 30.3 Å². The van der Waals surface area contributed by atoms with Crippen LogP contribution in [-0.4, -0.2) is 47.1 Å². The third-order valence-corrected chi connectivity index (χ3v) is 8.37. The Kier molecular flexibility index (Phi) is 9.07. The molecule has 1 saturated heterocycles. The van der Waals surface area contributed by atoms with Gasteiger partial charge < -0.3 is 20.3 Å². The molecular weight excluding hydrogens is 622 g/mol. The van der Waals surface area contributed by atoms with Gasteiger partial charge in [-0.15, -0.1) is 0 Å². The maximum absolute atomic E-state index is 14.1. The van der Waals surface area contributed by atoms with Crippen molar-refractivity contribution in [3.8, 4) is 0 Å². The molecule has 38 heavy (non-hydrogen) atoms. The highest BCUT2D eigenvalue weighted by Gasteiger charge is 2.52. The summed E-state index contributed by atoms with van der Waals surface area (Å²) in [5.41, 5.74) is -0.158. The highest BCUT2D eigenvalue weighted by molar-refractivity contribution is 14.1. The number of nitrogens with one attached hydrogen (secondary N) is 2. The quantitative estimate of drug-likeness (QED) is 0.229. The Morgan fingerprint density at radius 2 is 1.97 bits per heavy atom. The van der Waals surface area contributed by atoms with Gasteiger partial charge in [-0.3, -0.25) is 4.79 Å². The van der Waals surface area contributed by atoms with E-state index in [4.69, 9.17) is 16.3 Å². The minimum absolute atomic E-state index is 0.0920. The summed E-state index contributed by atoms with van der Waals surface area (Å²) in [7, 11) is 0. The Bertz CT molecular complexity index is 1190. The lowest BCUT2D eigenvalue weighted by molar-refractivity contribution is 0.00656. The number of unbranched alkanes of at least 4 members (excludes halogenated alkanes) is 1. The average molecular weight is 657 g/mol. The molecule has 0 bridgehead atoms. The van der Waals surface area contributed by atoms with Crippen LogP contribution in [-0.2, 0) is 4.74 Å². The fraction of sp³-hybridized carbons (Fsp3) is 0.536. The molecular formula is C28H35ClFIN4O3. The van der Waals surface area contributed by atoms with Crippen molar-refractivity contribution in [2.45, 2.75) is 64.9 Å². The first-order valence-electron chi connectivity index (χ1n) is 13.1. The summed E-state index contributed by atoms with van der Waals surface area (Å²) >= 11 is 7.97. The van der Waals surface area contributed by atoms with E-state index in [0.717, 1.165) is 55.0 Å². The number of hydrogen-bond donors (Lipinski definition) is 2. The second-order valence-electron chi connectivity index (χ2n) is 11.3. The number of aromatic nitrogens is 1. The van der Waals surface area contributed by atoms with Crippen molar-refractivity contribution in [3.05, 3.63) is 50.3 Å². The molecule has 2 fully saturated rings. The standard InChI is InChI=1S/C28H35ClFIN4O3/c1-27(2,3)38-26(37)35-15-13-28(11-12-28)18(17-35)6-4-5-14-32-24-22(31)9-10-23(33-24)34-25(36)20-8-7-19(29)16-21(20)30/h7-10,16,18H,4-6,11-15,17H2,1-3H3,(H2,32,33,34,36). The van der Waals surface area contributed by atoms with E-state index in [2.05, 4.69) is 38.2 Å². The van der Waals surface area contributed by atoms with Gasteiger partial charge in [-0.25, -0.2) is 14.2 Å². The molecule has 1 spiro atoms.